The molecule has 9 heteroatoms. The molecule has 2 aromatic rings. The van der Waals surface area contributed by atoms with E-state index in [2.05, 4.69) is 4.90 Å². The number of nitrogens with zero attached hydrogens (tertiary/aromatic N) is 2. The fourth-order valence-corrected chi connectivity index (χ4v) is 4.06. The summed E-state index contributed by atoms with van der Waals surface area (Å²) in [5.74, 6) is -4.73. The van der Waals surface area contributed by atoms with Gasteiger partial charge >= 0.3 is 0 Å². The van der Waals surface area contributed by atoms with Crippen LogP contribution in [0.5, 0.6) is 0 Å². The Morgan fingerprint density at radius 3 is 1.83 bits per heavy atom. The quantitative estimate of drug-likeness (QED) is 0.474. The van der Waals surface area contributed by atoms with Gasteiger partial charge in [-0.15, -0.1) is 0 Å². The van der Waals surface area contributed by atoms with E-state index < -0.39 is 29.1 Å². The highest BCUT2D eigenvalue weighted by Crippen LogP contribution is 2.24. The van der Waals surface area contributed by atoms with Crippen molar-refractivity contribution in [3.05, 3.63) is 81.9 Å². The molecule has 0 unspecified atom stereocenters. The van der Waals surface area contributed by atoms with Crippen LogP contribution in [0, 0.1) is 23.3 Å². The normalized spacial score (nSPS) is 19.5. The molecule has 4 rings (SSSR count). The molecular weight excluding hydrogens is 464 g/mol. The lowest BCUT2D eigenvalue weighted by Crippen LogP contribution is -2.44. The molecule has 184 valence electrons. The van der Waals surface area contributed by atoms with Crippen molar-refractivity contribution in [2.45, 2.75) is 6.42 Å². The summed E-state index contributed by atoms with van der Waals surface area (Å²) in [5, 5.41) is 0. The van der Waals surface area contributed by atoms with E-state index in [-0.39, 0.29) is 47.7 Å². The maximum Gasteiger partial charge on any atom is 0.224 e. The number of carbonyl (C=O) groups excluding carboxylic acids is 2. The van der Waals surface area contributed by atoms with E-state index in [0.717, 1.165) is 37.4 Å². The first kappa shape index (κ1) is 24.8. The van der Waals surface area contributed by atoms with Gasteiger partial charge in [-0.3, -0.25) is 14.5 Å². The monoisotopic (exact) mass is 488 g/mol. The Morgan fingerprint density at radius 2 is 1.34 bits per heavy atom. The van der Waals surface area contributed by atoms with E-state index in [1.54, 1.807) is 0 Å². The zero-order valence-electron chi connectivity index (χ0n) is 18.9. The number of halogens is 4. The Kier molecular flexibility index (Phi) is 7.77. The third-order valence-corrected chi connectivity index (χ3v) is 5.97. The molecule has 0 spiro atoms. The van der Waals surface area contributed by atoms with Gasteiger partial charge in [-0.2, -0.15) is 0 Å². The molecule has 0 aromatic heterocycles. The number of Topliss-reactive ketones (excluding diaryl/α,β-unsaturated/α-hetero) is 1. The highest BCUT2D eigenvalue weighted by atomic mass is 19.2. The maximum atomic E-state index is 13.7. The summed E-state index contributed by atoms with van der Waals surface area (Å²) in [7, 11) is 0. The second-order valence-corrected chi connectivity index (χ2v) is 8.47. The number of hydrogen-bond acceptors (Lipinski definition) is 4. The van der Waals surface area contributed by atoms with Crippen molar-refractivity contribution in [2.24, 2.45) is 0 Å². The molecule has 0 atom stereocenters. The number of carbonyl (C=O) groups is 2. The number of hydrogen-bond donors (Lipinski definition) is 0. The predicted octanol–water partition coefficient (Wildman–Crippen LogP) is 3.84. The number of benzene rings is 2. The molecule has 0 radical (unpaired) electrons. The Balaban J connectivity index is 1.60. The molecule has 0 saturated carbocycles. The molecule has 0 bridgehead atoms. The van der Waals surface area contributed by atoms with Gasteiger partial charge < -0.3 is 9.64 Å². The van der Waals surface area contributed by atoms with Gasteiger partial charge in [-0.05, 0) is 47.5 Å². The topological polar surface area (TPSA) is 49.9 Å². The summed E-state index contributed by atoms with van der Waals surface area (Å²) in [6, 6.07) is 6.50. The fraction of sp³-hybridized carbons (Fsp3) is 0.308. The molecule has 2 saturated heterocycles. The number of likely N-dealkylation sites (tertiary alicyclic amines) is 1. The van der Waals surface area contributed by atoms with E-state index >= 15 is 0 Å². The van der Waals surface area contributed by atoms with Gasteiger partial charge in [0.15, 0.2) is 29.1 Å². The zero-order valence-corrected chi connectivity index (χ0v) is 18.9. The second-order valence-electron chi connectivity index (χ2n) is 8.47. The van der Waals surface area contributed by atoms with E-state index in [1.165, 1.54) is 29.2 Å². The van der Waals surface area contributed by atoms with Crippen LogP contribution >= 0.6 is 0 Å². The summed E-state index contributed by atoms with van der Waals surface area (Å²) in [6.07, 6.45) is 3.04. The van der Waals surface area contributed by atoms with Gasteiger partial charge in [-0.25, -0.2) is 17.6 Å². The molecule has 5 nitrogen and oxygen atoms in total. The average molecular weight is 488 g/mol. The van der Waals surface area contributed by atoms with Crippen LogP contribution in [0.15, 0.2) is 47.5 Å². The molecule has 2 aromatic carbocycles. The van der Waals surface area contributed by atoms with E-state index in [0.29, 0.717) is 19.8 Å². The van der Waals surface area contributed by atoms with Crippen molar-refractivity contribution in [1.82, 2.24) is 9.80 Å². The summed E-state index contributed by atoms with van der Waals surface area (Å²) in [6.45, 7) is 3.20. The van der Waals surface area contributed by atoms with Crippen LogP contribution < -0.4 is 0 Å². The van der Waals surface area contributed by atoms with Crippen molar-refractivity contribution < 1.29 is 31.9 Å². The van der Waals surface area contributed by atoms with Crippen molar-refractivity contribution >= 4 is 23.8 Å². The van der Waals surface area contributed by atoms with Crippen LogP contribution in [0.2, 0.25) is 0 Å². The first-order chi connectivity index (χ1) is 16.8. The van der Waals surface area contributed by atoms with Crippen LogP contribution in [0.3, 0.4) is 0 Å². The maximum absolute atomic E-state index is 13.7. The number of ketones is 1. The molecule has 35 heavy (non-hydrogen) atoms. The lowest BCUT2D eigenvalue weighted by molar-refractivity contribution is -0.131. The van der Waals surface area contributed by atoms with Crippen molar-refractivity contribution in [1.29, 1.82) is 0 Å². The largest absolute Gasteiger partial charge is 0.379 e. The first-order valence-corrected chi connectivity index (χ1v) is 11.2. The number of piperidine rings is 1. The summed E-state index contributed by atoms with van der Waals surface area (Å²) in [4.78, 5) is 29.8. The van der Waals surface area contributed by atoms with Gasteiger partial charge in [-0.1, -0.05) is 12.1 Å². The Labute approximate surface area is 200 Å². The van der Waals surface area contributed by atoms with Gasteiger partial charge in [0, 0.05) is 50.3 Å². The summed E-state index contributed by atoms with van der Waals surface area (Å²) in [5.41, 5.74) is 0.940. The number of ether oxygens (including phenoxy) is 1. The van der Waals surface area contributed by atoms with Crippen LogP contribution in [0.1, 0.15) is 17.5 Å². The molecular formula is C26H24F4N2O3. The Bertz CT molecular complexity index is 1120. The Hall–Kier alpha value is -3.30. The van der Waals surface area contributed by atoms with Crippen molar-refractivity contribution in [2.75, 3.05) is 45.9 Å². The summed E-state index contributed by atoms with van der Waals surface area (Å²) >= 11 is 0. The minimum absolute atomic E-state index is 0.00507. The molecule has 1 amide bonds. The first-order valence-electron chi connectivity index (χ1n) is 11.2. The van der Waals surface area contributed by atoms with E-state index in [1.807, 2.05) is 0 Å². The zero-order chi connectivity index (χ0) is 24.9. The summed E-state index contributed by atoms with van der Waals surface area (Å²) < 4.78 is 59.4. The van der Waals surface area contributed by atoms with E-state index in [4.69, 9.17) is 4.74 Å². The number of amides is 1. The average Bonchev–Trinajstić information content (AvgIpc) is 2.85. The van der Waals surface area contributed by atoms with E-state index in [9.17, 15) is 27.2 Å². The molecule has 2 fully saturated rings. The standard InChI is InChI=1S/C26H24F4N2O3/c27-21-3-1-17(13-23(21)29)11-19-15-32(25(33)5-6-31-7-9-35-10-8-31)16-20(26(19)34)12-18-2-4-22(28)24(30)14-18/h1-4,11-14H,5-10,15-16H2/b19-11+,20-12+. The van der Waals surface area contributed by atoms with Gasteiger partial charge in [0.1, 0.15) is 0 Å². The minimum atomic E-state index is -1.06. The van der Waals surface area contributed by atoms with Gasteiger partial charge in [0.05, 0.1) is 13.2 Å². The lowest BCUT2D eigenvalue weighted by Gasteiger charge is -2.31. The SMILES string of the molecule is O=C1/C(=C/c2ccc(F)c(F)c2)CN(C(=O)CCN2CCOCC2)C/C1=C\c1ccc(F)c(F)c1. The molecule has 2 heterocycles. The lowest BCUT2D eigenvalue weighted by atomic mass is 9.94. The highest BCUT2D eigenvalue weighted by molar-refractivity contribution is 6.15. The van der Waals surface area contributed by atoms with Crippen molar-refractivity contribution in [3.8, 4) is 0 Å². The minimum Gasteiger partial charge on any atom is -0.379 e. The van der Waals surface area contributed by atoms with Crippen LogP contribution in [-0.2, 0) is 14.3 Å². The highest BCUT2D eigenvalue weighted by Gasteiger charge is 2.29. The molecule has 0 aliphatic carbocycles. The number of morpholine rings is 1. The van der Waals surface area contributed by atoms with Crippen molar-refractivity contribution in [3.63, 3.8) is 0 Å². The smallest absolute Gasteiger partial charge is 0.224 e. The van der Waals surface area contributed by atoms with Gasteiger partial charge in [0.25, 0.3) is 0 Å². The fourth-order valence-electron chi connectivity index (χ4n) is 4.06. The Morgan fingerprint density at radius 1 is 0.829 bits per heavy atom. The number of rotatable bonds is 5. The molecule has 0 N–H and O–H groups in total. The van der Waals surface area contributed by atoms with Gasteiger partial charge in [0.2, 0.25) is 5.91 Å². The van der Waals surface area contributed by atoms with Crippen LogP contribution in [0.25, 0.3) is 12.2 Å². The third-order valence-electron chi connectivity index (χ3n) is 5.97. The predicted molar refractivity (Wildman–Crippen MR) is 122 cm³/mol. The van der Waals surface area contributed by atoms with Crippen LogP contribution in [-0.4, -0.2) is 67.4 Å². The second kappa shape index (κ2) is 11.0. The molecule has 2 aliphatic heterocycles. The third kappa shape index (κ3) is 6.23. The molecule has 2 aliphatic rings. The van der Waals surface area contributed by atoms with Crippen LogP contribution in [0.4, 0.5) is 17.6 Å².